The molecule has 0 atom stereocenters. The lowest BCUT2D eigenvalue weighted by Crippen LogP contribution is -1.97. The molecule has 3 nitrogen and oxygen atoms in total. The molecule has 1 N–H and O–H groups in total. The van der Waals surface area contributed by atoms with Gasteiger partial charge in [-0.3, -0.25) is 0 Å². The monoisotopic (exact) mass is 305 g/mol. The molecule has 1 aromatic heterocycles. The fourth-order valence-corrected chi connectivity index (χ4v) is 2.41. The second-order valence-electron chi connectivity index (χ2n) is 4.92. The van der Waals surface area contributed by atoms with Crippen LogP contribution in [0.25, 0.3) is 0 Å². The number of aliphatic hydroxyl groups is 1. The van der Waals surface area contributed by atoms with E-state index in [1.807, 2.05) is 24.3 Å². The number of aliphatic hydroxyl groups excluding tert-OH is 1. The van der Waals surface area contributed by atoms with E-state index in [4.69, 9.17) is 16.3 Å². The highest BCUT2D eigenvalue weighted by atomic mass is 35.5. The van der Waals surface area contributed by atoms with Crippen LogP contribution in [0.5, 0.6) is 11.6 Å². The van der Waals surface area contributed by atoms with Gasteiger partial charge in [0.2, 0.25) is 5.88 Å². The maximum Gasteiger partial charge on any atom is 0.219 e. The molecule has 0 fully saturated rings. The summed E-state index contributed by atoms with van der Waals surface area (Å²) in [5, 5.41) is 10.1. The number of hydrogen-bond donors (Lipinski definition) is 1. The molecule has 0 amide bonds. The normalized spacial score (nSPS) is 10.7. The first kappa shape index (κ1) is 15.8. The molecule has 112 valence electrons. The van der Waals surface area contributed by atoms with Gasteiger partial charge in [-0.05, 0) is 48.2 Å². The topological polar surface area (TPSA) is 42.4 Å². The molecule has 2 aromatic rings. The zero-order valence-corrected chi connectivity index (χ0v) is 13.2. The smallest absolute Gasteiger partial charge is 0.219 e. The molecular formula is C17H20ClNO2. The van der Waals surface area contributed by atoms with Gasteiger partial charge in [0.05, 0.1) is 6.61 Å². The van der Waals surface area contributed by atoms with Gasteiger partial charge >= 0.3 is 0 Å². The summed E-state index contributed by atoms with van der Waals surface area (Å²) in [6.45, 7) is 4.13. The average Bonchev–Trinajstić information content (AvgIpc) is 2.49. The third-order valence-corrected chi connectivity index (χ3v) is 3.59. The van der Waals surface area contributed by atoms with Crippen LogP contribution in [-0.4, -0.2) is 10.1 Å². The van der Waals surface area contributed by atoms with E-state index in [0.717, 1.165) is 41.1 Å². The summed E-state index contributed by atoms with van der Waals surface area (Å²) in [5.41, 5.74) is 2.79. The van der Waals surface area contributed by atoms with Gasteiger partial charge in [-0.1, -0.05) is 31.9 Å². The summed E-state index contributed by atoms with van der Waals surface area (Å²) in [7, 11) is 0. The molecule has 0 bridgehead atoms. The van der Waals surface area contributed by atoms with Crippen LogP contribution in [0.3, 0.4) is 0 Å². The van der Waals surface area contributed by atoms with Crippen molar-refractivity contribution in [2.45, 2.75) is 39.7 Å². The fraction of sp³-hybridized carbons (Fsp3) is 0.353. The highest BCUT2D eigenvalue weighted by molar-refractivity contribution is 6.31. The molecule has 0 saturated carbocycles. The third kappa shape index (κ3) is 4.19. The van der Waals surface area contributed by atoms with Crippen LogP contribution in [0.4, 0.5) is 0 Å². The highest BCUT2D eigenvalue weighted by Crippen LogP contribution is 2.26. The number of aryl methyl sites for hydroxylation is 2. The first-order valence-corrected chi connectivity index (χ1v) is 7.61. The minimum Gasteiger partial charge on any atom is -0.439 e. The van der Waals surface area contributed by atoms with Crippen molar-refractivity contribution in [3.63, 3.8) is 0 Å². The van der Waals surface area contributed by atoms with E-state index in [0.29, 0.717) is 11.6 Å². The summed E-state index contributed by atoms with van der Waals surface area (Å²) >= 11 is 6.11. The maximum atomic E-state index is 9.34. The number of pyridine rings is 1. The number of ether oxygens (including phenoxy) is 1. The predicted molar refractivity (Wildman–Crippen MR) is 85.1 cm³/mol. The van der Waals surface area contributed by atoms with Crippen LogP contribution in [0.15, 0.2) is 30.3 Å². The standard InChI is InChI=1S/C17H20ClNO2/c1-3-5-14-8-12(11-20)9-17(19-14)21-15-6-7-16(18)13(4-2)10-15/h6-10,20H,3-5,11H2,1-2H3. The Morgan fingerprint density at radius 1 is 1.19 bits per heavy atom. The number of aromatic nitrogens is 1. The predicted octanol–water partition coefficient (Wildman–Crippen LogP) is 4.53. The minimum atomic E-state index is -0.0174. The van der Waals surface area contributed by atoms with Gasteiger partial charge in [0.1, 0.15) is 5.75 Å². The van der Waals surface area contributed by atoms with E-state index < -0.39 is 0 Å². The molecule has 4 heteroatoms. The van der Waals surface area contributed by atoms with Gasteiger partial charge in [-0.25, -0.2) is 4.98 Å². The number of nitrogens with zero attached hydrogens (tertiary/aromatic N) is 1. The molecule has 0 aliphatic rings. The average molecular weight is 306 g/mol. The van der Waals surface area contributed by atoms with Crippen molar-refractivity contribution in [2.24, 2.45) is 0 Å². The number of halogens is 1. The van der Waals surface area contributed by atoms with E-state index >= 15 is 0 Å². The first-order valence-electron chi connectivity index (χ1n) is 7.23. The van der Waals surface area contributed by atoms with Crippen molar-refractivity contribution >= 4 is 11.6 Å². The fourth-order valence-electron chi connectivity index (χ4n) is 2.15. The SMILES string of the molecule is CCCc1cc(CO)cc(Oc2ccc(Cl)c(CC)c2)n1. The third-order valence-electron chi connectivity index (χ3n) is 3.22. The van der Waals surface area contributed by atoms with Gasteiger partial charge < -0.3 is 9.84 Å². The van der Waals surface area contributed by atoms with E-state index in [-0.39, 0.29) is 6.61 Å². The van der Waals surface area contributed by atoms with Crippen LogP contribution in [-0.2, 0) is 19.4 Å². The van der Waals surface area contributed by atoms with E-state index in [2.05, 4.69) is 18.8 Å². The van der Waals surface area contributed by atoms with Crippen LogP contribution in [0.2, 0.25) is 5.02 Å². The lowest BCUT2D eigenvalue weighted by Gasteiger charge is -2.10. The molecule has 2 rings (SSSR count). The Morgan fingerprint density at radius 3 is 2.67 bits per heavy atom. The number of hydrogen-bond acceptors (Lipinski definition) is 3. The van der Waals surface area contributed by atoms with Gasteiger partial charge in [0.15, 0.2) is 0 Å². The second kappa shape index (κ2) is 7.43. The maximum absolute atomic E-state index is 9.34. The zero-order chi connectivity index (χ0) is 15.2. The Hall–Kier alpha value is -1.58. The van der Waals surface area contributed by atoms with E-state index in [1.54, 1.807) is 6.07 Å². The summed E-state index contributed by atoms with van der Waals surface area (Å²) < 4.78 is 5.82. The van der Waals surface area contributed by atoms with Crippen molar-refractivity contribution < 1.29 is 9.84 Å². The van der Waals surface area contributed by atoms with Crippen LogP contribution in [0.1, 0.15) is 37.1 Å². The van der Waals surface area contributed by atoms with Gasteiger partial charge in [0, 0.05) is 16.8 Å². The largest absolute Gasteiger partial charge is 0.439 e. The Morgan fingerprint density at radius 2 is 2.00 bits per heavy atom. The molecule has 0 saturated heterocycles. The molecule has 1 heterocycles. The Balaban J connectivity index is 2.27. The molecule has 21 heavy (non-hydrogen) atoms. The number of rotatable bonds is 6. The molecule has 0 spiro atoms. The lowest BCUT2D eigenvalue weighted by atomic mass is 10.1. The van der Waals surface area contributed by atoms with Crippen molar-refractivity contribution in [2.75, 3.05) is 0 Å². The molecule has 0 radical (unpaired) electrons. The van der Waals surface area contributed by atoms with Crippen molar-refractivity contribution in [1.29, 1.82) is 0 Å². The zero-order valence-electron chi connectivity index (χ0n) is 12.4. The lowest BCUT2D eigenvalue weighted by molar-refractivity contribution is 0.280. The van der Waals surface area contributed by atoms with Crippen molar-refractivity contribution in [1.82, 2.24) is 4.98 Å². The summed E-state index contributed by atoms with van der Waals surface area (Å²) in [5.74, 6) is 1.22. The van der Waals surface area contributed by atoms with E-state index in [1.165, 1.54) is 0 Å². The molecular weight excluding hydrogens is 286 g/mol. The van der Waals surface area contributed by atoms with Crippen LogP contribution in [0, 0.1) is 0 Å². The van der Waals surface area contributed by atoms with Gasteiger partial charge in [-0.15, -0.1) is 0 Å². The Bertz CT molecular complexity index is 614. The Kier molecular flexibility index (Phi) is 5.59. The highest BCUT2D eigenvalue weighted by Gasteiger charge is 2.06. The first-order chi connectivity index (χ1) is 10.2. The molecule has 1 aromatic carbocycles. The summed E-state index contributed by atoms with van der Waals surface area (Å²) in [6, 6.07) is 9.26. The number of benzene rings is 1. The Labute approximate surface area is 130 Å². The van der Waals surface area contributed by atoms with Gasteiger partial charge in [-0.2, -0.15) is 0 Å². The molecule has 0 unspecified atom stereocenters. The van der Waals surface area contributed by atoms with E-state index in [9.17, 15) is 5.11 Å². The van der Waals surface area contributed by atoms with Crippen molar-refractivity contribution in [3.05, 3.63) is 52.2 Å². The molecule has 0 aliphatic carbocycles. The second-order valence-corrected chi connectivity index (χ2v) is 5.33. The summed E-state index contributed by atoms with van der Waals surface area (Å²) in [6.07, 6.45) is 2.72. The molecule has 0 aliphatic heterocycles. The van der Waals surface area contributed by atoms with Gasteiger partial charge in [0.25, 0.3) is 0 Å². The quantitative estimate of drug-likeness (QED) is 0.852. The van der Waals surface area contributed by atoms with Crippen molar-refractivity contribution in [3.8, 4) is 11.6 Å². The minimum absolute atomic E-state index is 0.0174. The summed E-state index contributed by atoms with van der Waals surface area (Å²) in [4.78, 5) is 4.48. The van der Waals surface area contributed by atoms with Crippen LogP contribution >= 0.6 is 11.6 Å². The van der Waals surface area contributed by atoms with Crippen LogP contribution < -0.4 is 4.74 Å².